The van der Waals surface area contributed by atoms with Crippen LogP contribution in [0.1, 0.15) is 37.0 Å². The summed E-state index contributed by atoms with van der Waals surface area (Å²) in [5.41, 5.74) is -0.630. The lowest BCUT2D eigenvalue weighted by atomic mass is 10.2. The van der Waals surface area contributed by atoms with E-state index >= 15 is 0 Å². The number of hydrogen-bond donors (Lipinski definition) is 1. The van der Waals surface area contributed by atoms with Crippen LogP contribution in [0.2, 0.25) is 0 Å². The Morgan fingerprint density at radius 1 is 1.43 bits per heavy atom. The van der Waals surface area contributed by atoms with Gasteiger partial charge in [-0.25, -0.2) is 0 Å². The number of ether oxygens (including phenoxy) is 1. The molecule has 0 aliphatic heterocycles. The van der Waals surface area contributed by atoms with E-state index in [-0.39, 0.29) is 11.7 Å². The first-order valence-electron chi connectivity index (χ1n) is 6.75. The number of benzene rings is 1. The molecule has 1 aromatic carbocycles. The number of nitrogens with one attached hydrogen (secondary N) is 1. The van der Waals surface area contributed by atoms with Crippen LogP contribution in [-0.2, 0) is 4.74 Å². The molecule has 0 unspecified atom stereocenters. The number of carbonyl (C=O) groups is 1. The van der Waals surface area contributed by atoms with Crippen LogP contribution in [0.3, 0.4) is 0 Å². The Bertz CT molecular complexity index is 506. The van der Waals surface area contributed by atoms with Gasteiger partial charge in [-0.15, -0.1) is 0 Å². The predicted octanol–water partition coefficient (Wildman–Crippen LogP) is 2.67. The number of nitro benzene ring substituents is 1. The zero-order valence-corrected chi connectivity index (χ0v) is 12.1. The maximum Gasteiger partial charge on any atom is 0.305 e. The minimum Gasteiger partial charge on any atom is -0.379 e. The molecule has 116 valence electrons. The van der Waals surface area contributed by atoms with E-state index < -0.39 is 22.3 Å². The van der Waals surface area contributed by atoms with E-state index in [1.165, 1.54) is 6.07 Å². The van der Waals surface area contributed by atoms with Crippen LogP contribution in [0.5, 0.6) is 0 Å². The maximum atomic E-state index is 13.2. The summed E-state index contributed by atoms with van der Waals surface area (Å²) in [6, 6.07) is 3.08. The second-order valence-corrected chi connectivity index (χ2v) is 4.81. The fourth-order valence-electron chi connectivity index (χ4n) is 1.64. The van der Waals surface area contributed by atoms with E-state index in [2.05, 4.69) is 5.32 Å². The molecular weight excluding hydrogens is 279 g/mol. The molecule has 0 aliphatic carbocycles. The van der Waals surface area contributed by atoms with Crippen molar-refractivity contribution in [3.8, 4) is 0 Å². The van der Waals surface area contributed by atoms with Crippen molar-refractivity contribution in [1.29, 1.82) is 0 Å². The largest absolute Gasteiger partial charge is 0.379 e. The van der Waals surface area contributed by atoms with Crippen LogP contribution in [0, 0.1) is 15.9 Å². The third-order valence-corrected chi connectivity index (χ3v) is 2.71. The first-order valence-corrected chi connectivity index (χ1v) is 6.75. The summed E-state index contributed by atoms with van der Waals surface area (Å²) in [7, 11) is 0. The highest BCUT2D eigenvalue weighted by Gasteiger charge is 2.17. The van der Waals surface area contributed by atoms with Gasteiger partial charge in [-0.2, -0.15) is 4.39 Å². The summed E-state index contributed by atoms with van der Waals surface area (Å²) in [6.45, 7) is 4.95. The van der Waals surface area contributed by atoms with Gasteiger partial charge in [-0.05, 0) is 38.8 Å². The number of carbonyl (C=O) groups excluding carboxylic acids is 1. The molecule has 0 saturated heterocycles. The third-order valence-electron chi connectivity index (χ3n) is 2.71. The lowest BCUT2D eigenvalue weighted by molar-refractivity contribution is -0.387. The molecule has 0 aliphatic rings. The zero-order valence-electron chi connectivity index (χ0n) is 12.1. The quantitative estimate of drug-likeness (QED) is 0.454. The molecule has 1 rings (SSSR count). The van der Waals surface area contributed by atoms with E-state index in [1.807, 2.05) is 13.8 Å². The molecule has 21 heavy (non-hydrogen) atoms. The smallest absolute Gasteiger partial charge is 0.305 e. The maximum absolute atomic E-state index is 13.2. The molecule has 0 saturated carbocycles. The van der Waals surface area contributed by atoms with Crippen LogP contribution in [0.15, 0.2) is 18.2 Å². The monoisotopic (exact) mass is 298 g/mol. The third kappa shape index (κ3) is 5.86. The molecule has 7 heteroatoms. The molecule has 0 spiro atoms. The topological polar surface area (TPSA) is 81.5 Å². The van der Waals surface area contributed by atoms with Gasteiger partial charge in [0.1, 0.15) is 0 Å². The summed E-state index contributed by atoms with van der Waals surface area (Å²) in [4.78, 5) is 21.5. The minimum absolute atomic E-state index is 0.0709. The summed E-state index contributed by atoms with van der Waals surface area (Å²) < 4.78 is 18.5. The van der Waals surface area contributed by atoms with E-state index in [1.54, 1.807) is 0 Å². The molecule has 1 amide bonds. The van der Waals surface area contributed by atoms with Gasteiger partial charge in [0, 0.05) is 24.8 Å². The average Bonchev–Trinajstić information content (AvgIpc) is 2.42. The first-order chi connectivity index (χ1) is 9.91. The second kappa shape index (κ2) is 8.31. The standard InChI is InChI=1S/C14H19FN2O4/c1-10(2)21-8-4-3-7-16-14(18)11-5-6-12(15)13(9-11)17(19)20/h5-6,9-10H,3-4,7-8H2,1-2H3,(H,16,18). The molecule has 0 bridgehead atoms. The van der Waals surface area contributed by atoms with Gasteiger partial charge in [0.15, 0.2) is 0 Å². The van der Waals surface area contributed by atoms with Crippen molar-refractivity contribution in [1.82, 2.24) is 5.32 Å². The van der Waals surface area contributed by atoms with Gasteiger partial charge in [0.25, 0.3) is 5.91 Å². The number of halogens is 1. The first kappa shape index (κ1) is 17.0. The molecule has 0 fully saturated rings. The highest BCUT2D eigenvalue weighted by molar-refractivity contribution is 5.94. The molecule has 1 aromatic rings. The van der Waals surface area contributed by atoms with Crippen molar-refractivity contribution in [3.63, 3.8) is 0 Å². The lowest BCUT2D eigenvalue weighted by Crippen LogP contribution is -2.24. The SMILES string of the molecule is CC(C)OCCCCNC(=O)c1ccc(F)c([N+](=O)[O-])c1. The van der Waals surface area contributed by atoms with E-state index in [4.69, 9.17) is 4.74 Å². The molecule has 1 N–H and O–H groups in total. The van der Waals surface area contributed by atoms with Crippen molar-refractivity contribution in [2.45, 2.75) is 32.8 Å². The van der Waals surface area contributed by atoms with Crippen LogP contribution in [-0.4, -0.2) is 30.1 Å². The fourth-order valence-corrected chi connectivity index (χ4v) is 1.64. The van der Waals surface area contributed by atoms with Gasteiger partial charge in [-0.3, -0.25) is 14.9 Å². The summed E-state index contributed by atoms with van der Waals surface area (Å²) in [6.07, 6.45) is 1.73. The van der Waals surface area contributed by atoms with Crippen molar-refractivity contribution in [2.75, 3.05) is 13.2 Å². The van der Waals surface area contributed by atoms with Crippen molar-refractivity contribution in [3.05, 3.63) is 39.7 Å². The van der Waals surface area contributed by atoms with Gasteiger partial charge in [0.2, 0.25) is 5.82 Å². The number of nitrogens with zero attached hydrogens (tertiary/aromatic N) is 1. The Labute approximate surface area is 122 Å². The van der Waals surface area contributed by atoms with Gasteiger partial charge < -0.3 is 10.1 Å². The lowest BCUT2D eigenvalue weighted by Gasteiger charge is -2.08. The van der Waals surface area contributed by atoms with E-state index in [0.29, 0.717) is 13.2 Å². The molecule has 0 aromatic heterocycles. The van der Waals surface area contributed by atoms with Crippen molar-refractivity contribution >= 4 is 11.6 Å². The Hall–Kier alpha value is -2.02. The Balaban J connectivity index is 2.42. The number of hydrogen-bond acceptors (Lipinski definition) is 4. The number of unbranched alkanes of at least 4 members (excludes halogenated alkanes) is 1. The van der Waals surface area contributed by atoms with Crippen molar-refractivity contribution < 1.29 is 18.8 Å². The highest BCUT2D eigenvalue weighted by Crippen LogP contribution is 2.18. The van der Waals surface area contributed by atoms with Gasteiger partial charge >= 0.3 is 5.69 Å². The zero-order chi connectivity index (χ0) is 15.8. The predicted molar refractivity (Wildman–Crippen MR) is 75.7 cm³/mol. The van der Waals surface area contributed by atoms with Crippen molar-refractivity contribution in [2.24, 2.45) is 0 Å². The van der Waals surface area contributed by atoms with Crippen LogP contribution in [0.4, 0.5) is 10.1 Å². The molecule has 0 heterocycles. The normalized spacial score (nSPS) is 10.7. The Kier molecular flexibility index (Phi) is 6.74. The van der Waals surface area contributed by atoms with Crippen LogP contribution < -0.4 is 5.32 Å². The molecule has 6 nitrogen and oxygen atoms in total. The molecule has 0 radical (unpaired) electrons. The minimum atomic E-state index is -0.956. The summed E-state index contributed by atoms with van der Waals surface area (Å²) in [5.74, 6) is -1.41. The van der Waals surface area contributed by atoms with E-state index in [0.717, 1.165) is 25.0 Å². The number of rotatable bonds is 8. The number of amides is 1. The average molecular weight is 298 g/mol. The van der Waals surface area contributed by atoms with Gasteiger partial charge in [0.05, 0.1) is 11.0 Å². The molecular formula is C14H19FN2O4. The Morgan fingerprint density at radius 2 is 2.14 bits per heavy atom. The van der Waals surface area contributed by atoms with Crippen LogP contribution >= 0.6 is 0 Å². The van der Waals surface area contributed by atoms with Gasteiger partial charge in [-0.1, -0.05) is 0 Å². The fraction of sp³-hybridized carbons (Fsp3) is 0.500. The second-order valence-electron chi connectivity index (χ2n) is 4.81. The highest BCUT2D eigenvalue weighted by atomic mass is 19.1. The molecule has 0 atom stereocenters. The van der Waals surface area contributed by atoms with Crippen LogP contribution in [0.25, 0.3) is 0 Å². The summed E-state index contributed by atoms with van der Waals surface area (Å²) >= 11 is 0. The van der Waals surface area contributed by atoms with E-state index in [9.17, 15) is 19.3 Å². The Morgan fingerprint density at radius 3 is 2.76 bits per heavy atom. The summed E-state index contributed by atoms with van der Waals surface area (Å²) in [5, 5.41) is 13.2. The number of nitro groups is 1.